The van der Waals surface area contributed by atoms with Gasteiger partial charge in [0.15, 0.2) is 0 Å². The number of alkyl halides is 3. The molecule has 0 saturated carbocycles. The maximum Gasteiger partial charge on any atom is 0.490 e. The van der Waals surface area contributed by atoms with Crippen LogP contribution in [0.5, 0.6) is 0 Å². The molecule has 0 amide bonds. The molecule has 0 bridgehead atoms. The average molecular weight is 322 g/mol. The molecule has 1 aliphatic rings. The fraction of sp³-hybridized carbons (Fsp3) is 0.500. The van der Waals surface area contributed by atoms with E-state index in [4.69, 9.17) is 9.90 Å². The van der Waals surface area contributed by atoms with Crippen LogP contribution in [0, 0.1) is 5.82 Å². The lowest BCUT2D eigenvalue weighted by molar-refractivity contribution is -0.192. The van der Waals surface area contributed by atoms with Crippen molar-refractivity contribution in [3.05, 3.63) is 35.6 Å². The molecule has 0 unspecified atom stereocenters. The van der Waals surface area contributed by atoms with Crippen LogP contribution >= 0.6 is 0 Å². The molecule has 0 spiro atoms. The molecular formula is C14H18F4N2O2. The summed E-state index contributed by atoms with van der Waals surface area (Å²) < 4.78 is 44.5. The first kappa shape index (κ1) is 18.4. The maximum absolute atomic E-state index is 12.8. The van der Waals surface area contributed by atoms with Crippen LogP contribution in [-0.4, -0.2) is 48.3 Å². The standard InChI is InChI=1S/C12H17FN2.C2HF3O2/c1-10(15-8-6-14-7-9-15)11-2-4-12(13)5-3-11;3-2(4,5)1(6)7/h2-5,10,14H,6-9H2,1H3;(H,6,7)/t10-;/m1./s1. The van der Waals surface area contributed by atoms with Crippen LogP contribution in [0.3, 0.4) is 0 Å². The van der Waals surface area contributed by atoms with Gasteiger partial charge in [-0.15, -0.1) is 0 Å². The molecule has 2 N–H and O–H groups in total. The SMILES string of the molecule is C[C@H](c1ccc(F)cc1)N1CCNCC1.O=C(O)C(F)(F)F. The molecule has 0 radical (unpaired) electrons. The summed E-state index contributed by atoms with van der Waals surface area (Å²) in [4.78, 5) is 11.3. The van der Waals surface area contributed by atoms with Crippen LogP contribution in [0.4, 0.5) is 17.6 Å². The third-order valence-electron chi connectivity index (χ3n) is 3.29. The molecule has 4 nitrogen and oxygen atoms in total. The molecule has 1 atom stereocenters. The Balaban J connectivity index is 0.000000295. The molecule has 2 rings (SSSR count). The number of carbonyl (C=O) groups is 1. The van der Waals surface area contributed by atoms with Crippen molar-refractivity contribution in [1.29, 1.82) is 0 Å². The molecule has 1 fully saturated rings. The van der Waals surface area contributed by atoms with Gasteiger partial charge in [-0.25, -0.2) is 9.18 Å². The maximum atomic E-state index is 12.8. The number of nitrogens with one attached hydrogen (secondary N) is 1. The van der Waals surface area contributed by atoms with E-state index in [2.05, 4.69) is 17.1 Å². The van der Waals surface area contributed by atoms with Gasteiger partial charge in [0, 0.05) is 32.2 Å². The van der Waals surface area contributed by atoms with Crippen molar-refractivity contribution in [1.82, 2.24) is 10.2 Å². The van der Waals surface area contributed by atoms with E-state index in [0.717, 1.165) is 26.2 Å². The molecule has 1 saturated heterocycles. The summed E-state index contributed by atoms with van der Waals surface area (Å²) in [5, 5.41) is 10.5. The second-order valence-corrected chi connectivity index (χ2v) is 4.82. The molecule has 0 aliphatic carbocycles. The number of nitrogens with zero attached hydrogens (tertiary/aromatic N) is 1. The topological polar surface area (TPSA) is 52.6 Å². The quantitative estimate of drug-likeness (QED) is 0.821. The van der Waals surface area contributed by atoms with E-state index in [1.54, 1.807) is 0 Å². The fourth-order valence-corrected chi connectivity index (χ4v) is 2.02. The van der Waals surface area contributed by atoms with Crippen LogP contribution < -0.4 is 5.32 Å². The highest BCUT2D eigenvalue weighted by Gasteiger charge is 2.38. The zero-order valence-corrected chi connectivity index (χ0v) is 12.0. The van der Waals surface area contributed by atoms with Gasteiger partial charge in [-0.05, 0) is 24.6 Å². The van der Waals surface area contributed by atoms with E-state index in [1.807, 2.05) is 12.1 Å². The Labute approximate surface area is 125 Å². The minimum atomic E-state index is -5.08. The summed E-state index contributed by atoms with van der Waals surface area (Å²) in [6, 6.07) is 7.21. The third kappa shape index (κ3) is 5.98. The minimum Gasteiger partial charge on any atom is -0.475 e. The number of benzene rings is 1. The summed E-state index contributed by atoms with van der Waals surface area (Å²) in [6.45, 7) is 6.41. The smallest absolute Gasteiger partial charge is 0.475 e. The predicted molar refractivity (Wildman–Crippen MR) is 72.9 cm³/mol. The Morgan fingerprint density at radius 2 is 1.68 bits per heavy atom. The largest absolute Gasteiger partial charge is 0.490 e. The van der Waals surface area contributed by atoms with Gasteiger partial charge >= 0.3 is 12.1 Å². The van der Waals surface area contributed by atoms with Crippen molar-refractivity contribution in [2.24, 2.45) is 0 Å². The summed E-state index contributed by atoms with van der Waals surface area (Å²) in [6.07, 6.45) is -5.08. The Kier molecular flexibility index (Phi) is 6.76. The van der Waals surface area contributed by atoms with E-state index in [-0.39, 0.29) is 5.82 Å². The van der Waals surface area contributed by atoms with Crippen molar-refractivity contribution in [3.63, 3.8) is 0 Å². The highest BCUT2D eigenvalue weighted by Crippen LogP contribution is 2.20. The van der Waals surface area contributed by atoms with Gasteiger partial charge in [0.1, 0.15) is 5.82 Å². The number of carboxylic acids is 1. The number of hydrogen-bond donors (Lipinski definition) is 2. The molecule has 1 heterocycles. The van der Waals surface area contributed by atoms with E-state index in [1.165, 1.54) is 17.7 Å². The van der Waals surface area contributed by atoms with Crippen molar-refractivity contribution in [2.45, 2.75) is 19.1 Å². The van der Waals surface area contributed by atoms with Gasteiger partial charge in [0.05, 0.1) is 0 Å². The van der Waals surface area contributed by atoms with Crippen LogP contribution in [0.25, 0.3) is 0 Å². The summed E-state index contributed by atoms with van der Waals surface area (Å²) >= 11 is 0. The zero-order chi connectivity index (χ0) is 16.8. The van der Waals surface area contributed by atoms with E-state index < -0.39 is 12.1 Å². The van der Waals surface area contributed by atoms with Crippen LogP contribution in [0.15, 0.2) is 24.3 Å². The van der Waals surface area contributed by atoms with Crippen molar-refractivity contribution < 1.29 is 27.5 Å². The average Bonchev–Trinajstić information content (AvgIpc) is 2.48. The fourth-order valence-electron chi connectivity index (χ4n) is 2.02. The number of piperazine rings is 1. The summed E-state index contributed by atoms with van der Waals surface area (Å²) in [5.41, 5.74) is 1.19. The molecule has 1 aromatic rings. The second kappa shape index (κ2) is 8.09. The Morgan fingerprint density at radius 3 is 2.09 bits per heavy atom. The van der Waals surface area contributed by atoms with Gasteiger partial charge in [0.2, 0.25) is 0 Å². The van der Waals surface area contributed by atoms with E-state index in [9.17, 15) is 17.6 Å². The first-order valence-corrected chi connectivity index (χ1v) is 6.72. The summed E-state index contributed by atoms with van der Waals surface area (Å²) in [7, 11) is 0. The van der Waals surface area contributed by atoms with Crippen LogP contribution in [0.1, 0.15) is 18.5 Å². The highest BCUT2D eigenvalue weighted by atomic mass is 19.4. The number of carboxylic acid groups (broad SMARTS) is 1. The van der Waals surface area contributed by atoms with Crippen molar-refractivity contribution in [3.8, 4) is 0 Å². The van der Waals surface area contributed by atoms with E-state index >= 15 is 0 Å². The normalized spacial score (nSPS) is 17.3. The Bertz CT molecular complexity index is 471. The monoisotopic (exact) mass is 322 g/mol. The molecule has 22 heavy (non-hydrogen) atoms. The number of halogens is 4. The minimum absolute atomic E-state index is 0.161. The van der Waals surface area contributed by atoms with Gasteiger partial charge in [-0.3, -0.25) is 4.90 Å². The third-order valence-corrected chi connectivity index (χ3v) is 3.29. The lowest BCUT2D eigenvalue weighted by atomic mass is 10.1. The lowest BCUT2D eigenvalue weighted by Gasteiger charge is -2.33. The first-order chi connectivity index (χ1) is 10.2. The first-order valence-electron chi connectivity index (χ1n) is 6.72. The zero-order valence-electron chi connectivity index (χ0n) is 12.0. The van der Waals surface area contributed by atoms with Gasteiger partial charge in [-0.2, -0.15) is 13.2 Å². The Morgan fingerprint density at radius 1 is 1.23 bits per heavy atom. The lowest BCUT2D eigenvalue weighted by Crippen LogP contribution is -2.44. The highest BCUT2D eigenvalue weighted by molar-refractivity contribution is 5.73. The Hall–Kier alpha value is -1.67. The molecular weight excluding hydrogens is 304 g/mol. The van der Waals surface area contributed by atoms with Gasteiger partial charge in [0.25, 0.3) is 0 Å². The molecule has 1 aliphatic heterocycles. The van der Waals surface area contributed by atoms with Gasteiger partial charge in [-0.1, -0.05) is 12.1 Å². The van der Waals surface area contributed by atoms with Crippen LogP contribution in [-0.2, 0) is 4.79 Å². The molecule has 0 aromatic heterocycles. The van der Waals surface area contributed by atoms with E-state index in [0.29, 0.717) is 6.04 Å². The molecule has 1 aromatic carbocycles. The van der Waals surface area contributed by atoms with Crippen LogP contribution in [0.2, 0.25) is 0 Å². The molecule has 8 heteroatoms. The number of hydrogen-bond acceptors (Lipinski definition) is 3. The number of rotatable bonds is 2. The second-order valence-electron chi connectivity index (χ2n) is 4.82. The molecule has 124 valence electrons. The number of aliphatic carboxylic acids is 1. The van der Waals surface area contributed by atoms with Crippen molar-refractivity contribution >= 4 is 5.97 Å². The van der Waals surface area contributed by atoms with Gasteiger partial charge < -0.3 is 10.4 Å². The predicted octanol–water partition coefficient (Wildman–Crippen LogP) is 2.43. The summed E-state index contributed by atoms with van der Waals surface area (Å²) in [5.74, 6) is -2.92. The van der Waals surface area contributed by atoms with Crippen molar-refractivity contribution in [2.75, 3.05) is 26.2 Å².